The quantitative estimate of drug-likeness (QED) is 0.579. The Morgan fingerprint density at radius 3 is 2.76 bits per heavy atom. The fourth-order valence-corrected chi connectivity index (χ4v) is 2.08. The average molecular weight is 274 g/mol. The molecule has 0 aliphatic heterocycles. The maximum absolute atomic E-state index is 6.28. The van der Waals surface area contributed by atoms with Crippen molar-refractivity contribution in [1.29, 1.82) is 0 Å². The molecule has 0 N–H and O–H groups in total. The summed E-state index contributed by atoms with van der Waals surface area (Å²) in [5, 5.41) is 0.207. The second-order valence-electron chi connectivity index (χ2n) is 4.20. The first-order valence-corrected chi connectivity index (χ1v) is 6.18. The highest BCUT2D eigenvalue weighted by molar-refractivity contribution is 6.38. The summed E-state index contributed by atoms with van der Waals surface area (Å²) in [7, 11) is 5.58. The van der Waals surface area contributed by atoms with Gasteiger partial charge in [-0.3, -0.25) is 4.90 Å². The Morgan fingerprint density at radius 1 is 1.47 bits per heavy atom. The lowest BCUT2D eigenvalue weighted by atomic mass is 9.91. The van der Waals surface area contributed by atoms with Gasteiger partial charge in [0.15, 0.2) is 0 Å². The molecule has 0 aromatic carbocycles. The molecule has 0 saturated heterocycles. The molecule has 0 fully saturated rings. The van der Waals surface area contributed by atoms with Crippen LogP contribution in [0.2, 0.25) is 0 Å². The summed E-state index contributed by atoms with van der Waals surface area (Å²) in [5.41, 5.74) is -0.618. The summed E-state index contributed by atoms with van der Waals surface area (Å²) < 4.78 is 5.51. The Labute approximate surface area is 113 Å². The van der Waals surface area contributed by atoms with Crippen molar-refractivity contribution in [3.8, 4) is 11.8 Å². The van der Waals surface area contributed by atoms with Gasteiger partial charge >= 0.3 is 0 Å². The maximum Gasteiger partial charge on any atom is 0.118 e. The smallest absolute Gasteiger partial charge is 0.118 e. The van der Waals surface area contributed by atoms with E-state index in [0.717, 1.165) is 6.54 Å². The number of halogens is 2. The van der Waals surface area contributed by atoms with Crippen LogP contribution in [0.1, 0.15) is 6.42 Å². The lowest BCUT2D eigenvalue weighted by Gasteiger charge is -2.33. The molecule has 1 unspecified atom stereocenters. The van der Waals surface area contributed by atoms with Gasteiger partial charge in [-0.25, -0.2) is 0 Å². The Morgan fingerprint density at radius 2 is 2.18 bits per heavy atom. The third-order valence-corrected chi connectivity index (χ3v) is 3.63. The third-order valence-electron chi connectivity index (χ3n) is 2.57. The molecule has 0 aromatic heterocycles. The van der Waals surface area contributed by atoms with Gasteiger partial charge in [-0.1, -0.05) is 35.6 Å². The van der Waals surface area contributed by atoms with E-state index in [0.29, 0.717) is 11.5 Å². The second-order valence-corrected chi connectivity index (χ2v) is 5.07. The molecule has 4 heteroatoms. The van der Waals surface area contributed by atoms with Gasteiger partial charge < -0.3 is 4.74 Å². The van der Waals surface area contributed by atoms with Gasteiger partial charge in [0.1, 0.15) is 11.0 Å². The monoisotopic (exact) mass is 273 g/mol. The summed E-state index contributed by atoms with van der Waals surface area (Å²) in [4.78, 5) is 2.01. The van der Waals surface area contributed by atoms with Gasteiger partial charge in [0, 0.05) is 18.6 Å². The van der Waals surface area contributed by atoms with Gasteiger partial charge in [-0.05, 0) is 20.2 Å². The van der Waals surface area contributed by atoms with Crippen molar-refractivity contribution >= 4 is 23.2 Å². The zero-order chi connectivity index (χ0) is 12.9. The molecule has 0 saturated carbocycles. The van der Waals surface area contributed by atoms with Gasteiger partial charge in [-0.15, -0.1) is 11.6 Å². The molecule has 2 nitrogen and oxygen atoms in total. The minimum Gasteiger partial charge on any atom is -0.371 e. The van der Waals surface area contributed by atoms with Crippen LogP contribution in [0, 0.1) is 11.8 Å². The fraction of sp³-hybridized carbons (Fsp3) is 0.538. The van der Waals surface area contributed by atoms with Crippen molar-refractivity contribution in [1.82, 2.24) is 4.90 Å². The lowest BCUT2D eigenvalue weighted by Crippen LogP contribution is -2.40. The van der Waals surface area contributed by atoms with Crippen LogP contribution in [-0.4, -0.2) is 43.6 Å². The van der Waals surface area contributed by atoms with Crippen molar-refractivity contribution in [3.05, 3.63) is 23.3 Å². The van der Waals surface area contributed by atoms with E-state index in [-0.39, 0.29) is 5.38 Å². The van der Waals surface area contributed by atoms with Crippen LogP contribution in [0.25, 0.3) is 0 Å². The number of hydrogen-bond acceptors (Lipinski definition) is 2. The van der Waals surface area contributed by atoms with E-state index in [1.807, 2.05) is 31.1 Å². The molecule has 2 atom stereocenters. The van der Waals surface area contributed by atoms with Crippen molar-refractivity contribution < 1.29 is 4.74 Å². The Bertz CT molecular complexity index is 379. The molecule has 1 rings (SSSR count). The number of alkyl halides is 1. The fourth-order valence-electron chi connectivity index (χ4n) is 1.51. The molecule has 1 aliphatic rings. The summed E-state index contributed by atoms with van der Waals surface area (Å²) in [6.07, 6.45) is 6.09. The van der Waals surface area contributed by atoms with Crippen LogP contribution in [0.4, 0.5) is 0 Å². The minimum absolute atomic E-state index is 0.382. The SMILES string of the molecule is CO[C@]1(CC#CCN(C)C)C=CC=C(Cl)C1Cl. The van der Waals surface area contributed by atoms with E-state index in [9.17, 15) is 0 Å². The molecule has 0 heterocycles. The van der Waals surface area contributed by atoms with E-state index in [1.165, 1.54) is 0 Å². The van der Waals surface area contributed by atoms with E-state index in [1.54, 1.807) is 13.2 Å². The van der Waals surface area contributed by atoms with E-state index >= 15 is 0 Å². The summed E-state index contributed by atoms with van der Waals surface area (Å²) in [6.45, 7) is 0.722. The first-order valence-electron chi connectivity index (χ1n) is 5.36. The molecule has 94 valence electrons. The van der Waals surface area contributed by atoms with Crippen molar-refractivity contribution in [2.45, 2.75) is 17.4 Å². The zero-order valence-corrected chi connectivity index (χ0v) is 11.8. The topological polar surface area (TPSA) is 12.5 Å². The highest BCUT2D eigenvalue weighted by atomic mass is 35.5. The normalized spacial score (nSPS) is 27.6. The molecule has 0 spiro atoms. The summed E-state index contributed by atoms with van der Waals surface area (Å²) in [5.74, 6) is 6.16. The van der Waals surface area contributed by atoms with Gasteiger partial charge in [0.2, 0.25) is 0 Å². The number of allylic oxidation sites excluding steroid dienone is 2. The summed E-state index contributed by atoms with van der Waals surface area (Å²) in [6, 6.07) is 0. The predicted octanol–water partition coefficient (Wildman–Crippen LogP) is 2.63. The Balaban J connectivity index is 2.73. The standard InChI is InChI=1S/C13H17Cl2NO/c1-16(2)10-5-4-8-13(17-3)9-6-7-11(14)12(13)15/h6-7,9,12H,8,10H2,1-3H3/t12?,13-/m1/s1. The van der Waals surface area contributed by atoms with Crippen molar-refractivity contribution in [2.75, 3.05) is 27.7 Å². The number of ether oxygens (including phenoxy) is 1. The third kappa shape index (κ3) is 3.76. The Kier molecular flexibility index (Phi) is 5.55. The van der Waals surface area contributed by atoms with Gasteiger partial charge in [0.25, 0.3) is 0 Å². The maximum atomic E-state index is 6.28. The second kappa shape index (κ2) is 6.47. The highest BCUT2D eigenvalue weighted by Crippen LogP contribution is 2.35. The van der Waals surface area contributed by atoms with Crippen LogP contribution in [0.15, 0.2) is 23.3 Å². The first kappa shape index (κ1) is 14.6. The van der Waals surface area contributed by atoms with Gasteiger partial charge in [-0.2, -0.15) is 0 Å². The molecule has 17 heavy (non-hydrogen) atoms. The molecule has 0 amide bonds. The van der Waals surface area contributed by atoms with Crippen LogP contribution in [-0.2, 0) is 4.74 Å². The number of rotatable bonds is 3. The number of methoxy groups -OCH3 is 1. The van der Waals surface area contributed by atoms with Crippen molar-refractivity contribution in [2.24, 2.45) is 0 Å². The van der Waals surface area contributed by atoms with Gasteiger partial charge in [0.05, 0.1) is 6.54 Å². The first-order chi connectivity index (χ1) is 8.02. The van der Waals surface area contributed by atoms with Crippen LogP contribution < -0.4 is 0 Å². The van der Waals surface area contributed by atoms with E-state index < -0.39 is 5.60 Å². The number of nitrogens with zero attached hydrogens (tertiary/aromatic N) is 1. The molecule has 1 aliphatic carbocycles. The summed E-state index contributed by atoms with van der Waals surface area (Å²) >= 11 is 12.3. The molecule has 0 bridgehead atoms. The largest absolute Gasteiger partial charge is 0.371 e. The van der Waals surface area contributed by atoms with Crippen LogP contribution in [0.3, 0.4) is 0 Å². The number of hydrogen-bond donors (Lipinski definition) is 0. The van der Waals surface area contributed by atoms with E-state index in [4.69, 9.17) is 27.9 Å². The Hall–Kier alpha value is -0.460. The molecular formula is C13H17Cl2NO. The molecular weight excluding hydrogens is 257 g/mol. The van der Waals surface area contributed by atoms with E-state index in [2.05, 4.69) is 11.8 Å². The predicted molar refractivity (Wildman–Crippen MR) is 73.4 cm³/mol. The average Bonchev–Trinajstić information content (AvgIpc) is 2.30. The van der Waals surface area contributed by atoms with Crippen molar-refractivity contribution in [3.63, 3.8) is 0 Å². The zero-order valence-electron chi connectivity index (χ0n) is 10.3. The highest BCUT2D eigenvalue weighted by Gasteiger charge is 2.38. The van der Waals surface area contributed by atoms with Crippen LogP contribution >= 0.6 is 23.2 Å². The molecule has 0 radical (unpaired) electrons. The lowest BCUT2D eigenvalue weighted by molar-refractivity contribution is 0.0403. The molecule has 0 aromatic rings. The minimum atomic E-state index is -0.618. The van der Waals surface area contributed by atoms with Crippen LogP contribution in [0.5, 0.6) is 0 Å².